The molecule has 0 aliphatic carbocycles. The van der Waals surface area contributed by atoms with Crippen molar-refractivity contribution in [3.05, 3.63) is 11.9 Å². The number of ether oxygens (including phenoxy) is 1. The predicted molar refractivity (Wildman–Crippen MR) is 75.3 cm³/mol. The van der Waals surface area contributed by atoms with E-state index in [0.29, 0.717) is 17.5 Å². The molecule has 0 saturated heterocycles. The van der Waals surface area contributed by atoms with Gasteiger partial charge in [0.1, 0.15) is 18.2 Å². The molecule has 0 aliphatic heterocycles. The van der Waals surface area contributed by atoms with Crippen molar-refractivity contribution in [2.75, 3.05) is 30.8 Å². The van der Waals surface area contributed by atoms with Crippen LogP contribution in [0.25, 0.3) is 0 Å². The van der Waals surface area contributed by atoms with Gasteiger partial charge in [-0.25, -0.2) is 9.97 Å². The summed E-state index contributed by atoms with van der Waals surface area (Å²) in [6.07, 6.45) is -3.98. The highest BCUT2D eigenvalue weighted by molar-refractivity contribution is 5.47. The summed E-state index contributed by atoms with van der Waals surface area (Å²) < 4.78 is 41.2. The van der Waals surface area contributed by atoms with Crippen molar-refractivity contribution in [3.63, 3.8) is 0 Å². The van der Waals surface area contributed by atoms with Crippen molar-refractivity contribution in [1.82, 2.24) is 9.97 Å². The first kappa shape index (κ1) is 17.5. The van der Waals surface area contributed by atoms with Gasteiger partial charge in [0.2, 0.25) is 0 Å². The van der Waals surface area contributed by atoms with Crippen LogP contribution in [0, 0.1) is 0 Å². The van der Waals surface area contributed by atoms with Crippen molar-refractivity contribution in [2.45, 2.75) is 39.0 Å². The number of halogens is 3. The van der Waals surface area contributed by atoms with Crippen molar-refractivity contribution >= 4 is 11.6 Å². The molecule has 0 fully saturated rings. The van der Waals surface area contributed by atoms with Gasteiger partial charge in [-0.05, 0) is 12.8 Å². The van der Waals surface area contributed by atoms with Crippen molar-refractivity contribution in [2.24, 2.45) is 0 Å². The lowest BCUT2D eigenvalue weighted by Crippen LogP contribution is -2.13. The second-order valence-electron chi connectivity index (χ2n) is 4.56. The normalized spacial score (nSPS) is 11.5. The van der Waals surface area contributed by atoms with Crippen LogP contribution in [0.3, 0.4) is 0 Å². The third-order valence-electron chi connectivity index (χ3n) is 2.55. The van der Waals surface area contributed by atoms with Gasteiger partial charge in [-0.2, -0.15) is 13.2 Å². The van der Waals surface area contributed by atoms with Crippen LogP contribution in [0.15, 0.2) is 6.07 Å². The van der Waals surface area contributed by atoms with Crippen LogP contribution in [-0.4, -0.2) is 36.3 Å². The summed E-state index contributed by atoms with van der Waals surface area (Å²) in [7, 11) is 1.53. The lowest BCUT2D eigenvalue weighted by molar-refractivity contribution is -0.134. The van der Waals surface area contributed by atoms with Gasteiger partial charge in [-0.1, -0.05) is 6.92 Å². The third kappa shape index (κ3) is 7.69. The van der Waals surface area contributed by atoms with E-state index in [9.17, 15) is 13.2 Å². The first-order chi connectivity index (χ1) is 9.94. The molecule has 0 aliphatic rings. The SMILES string of the molecule is CCCNc1cc(NCCCC(F)(F)F)nc(COC)n1. The molecule has 21 heavy (non-hydrogen) atoms. The average Bonchev–Trinajstić information content (AvgIpc) is 2.41. The highest BCUT2D eigenvalue weighted by Crippen LogP contribution is 2.21. The van der Waals surface area contributed by atoms with E-state index in [2.05, 4.69) is 20.6 Å². The van der Waals surface area contributed by atoms with Crippen LogP contribution in [0.1, 0.15) is 32.0 Å². The van der Waals surface area contributed by atoms with E-state index in [4.69, 9.17) is 4.74 Å². The maximum atomic E-state index is 12.1. The van der Waals surface area contributed by atoms with E-state index in [0.717, 1.165) is 13.0 Å². The molecule has 1 rings (SSSR count). The molecular weight excluding hydrogens is 285 g/mol. The molecular formula is C13H21F3N4O. The Morgan fingerprint density at radius 2 is 1.76 bits per heavy atom. The number of hydrogen-bond donors (Lipinski definition) is 2. The number of hydrogen-bond acceptors (Lipinski definition) is 5. The minimum Gasteiger partial charge on any atom is -0.377 e. The summed E-state index contributed by atoms with van der Waals surface area (Å²) in [6, 6.07) is 1.68. The average molecular weight is 306 g/mol. The zero-order valence-corrected chi connectivity index (χ0v) is 12.3. The quantitative estimate of drug-likeness (QED) is 0.686. The van der Waals surface area contributed by atoms with Crippen molar-refractivity contribution < 1.29 is 17.9 Å². The molecule has 0 unspecified atom stereocenters. The van der Waals surface area contributed by atoms with E-state index in [1.807, 2.05) is 6.92 Å². The first-order valence-corrected chi connectivity index (χ1v) is 6.86. The number of anilines is 2. The molecule has 1 heterocycles. The van der Waals surface area contributed by atoms with E-state index >= 15 is 0 Å². The van der Waals surface area contributed by atoms with Gasteiger partial charge in [-0.3, -0.25) is 0 Å². The zero-order chi connectivity index (χ0) is 15.7. The number of nitrogens with zero attached hydrogens (tertiary/aromatic N) is 2. The van der Waals surface area contributed by atoms with Crippen LogP contribution in [-0.2, 0) is 11.3 Å². The standard InChI is InChI=1S/C13H21F3N4O/c1-3-6-17-10-8-11(20-12(19-10)9-21-2)18-7-4-5-13(14,15)16/h8H,3-7,9H2,1-2H3,(H2,17,18,19,20). The molecule has 1 aromatic rings. The van der Waals surface area contributed by atoms with E-state index < -0.39 is 12.6 Å². The Morgan fingerprint density at radius 3 is 2.29 bits per heavy atom. The zero-order valence-electron chi connectivity index (χ0n) is 12.3. The second-order valence-corrected chi connectivity index (χ2v) is 4.56. The van der Waals surface area contributed by atoms with E-state index in [1.165, 1.54) is 7.11 Å². The number of rotatable bonds is 9. The molecule has 8 heteroatoms. The molecule has 0 bridgehead atoms. The van der Waals surface area contributed by atoms with Crippen LogP contribution < -0.4 is 10.6 Å². The summed E-state index contributed by atoms with van der Waals surface area (Å²) in [5.41, 5.74) is 0. The summed E-state index contributed by atoms with van der Waals surface area (Å²) in [4.78, 5) is 8.46. The fourth-order valence-corrected chi connectivity index (χ4v) is 1.63. The van der Waals surface area contributed by atoms with Gasteiger partial charge < -0.3 is 15.4 Å². The Labute approximate surface area is 122 Å². The topological polar surface area (TPSA) is 59.1 Å². The fraction of sp³-hybridized carbons (Fsp3) is 0.692. The van der Waals surface area contributed by atoms with Gasteiger partial charge in [0.15, 0.2) is 5.82 Å². The lowest BCUT2D eigenvalue weighted by Gasteiger charge is -2.11. The Hall–Kier alpha value is -1.57. The first-order valence-electron chi connectivity index (χ1n) is 6.86. The smallest absolute Gasteiger partial charge is 0.377 e. The van der Waals surface area contributed by atoms with Crippen LogP contribution in [0.2, 0.25) is 0 Å². The van der Waals surface area contributed by atoms with Crippen molar-refractivity contribution in [3.8, 4) is 0 Å². The van der Waals surface area contributed by atoms with Crippen LogP contribution >= 0.6 is 0 Å². The molecule has 0 amide bonds. The van der Waals surface area contributed by atoms with Gasteiger partial charge in [0.25, 0.3) is 0 Å². The molecule has 0 spiro atoms. The number of alkyl halides is 3. The lowest BCUT2D eigenvalue weighted by atomic mass is 10.3. The molecule has 2 N–H and O–H groups in total. The fourth-order valence-electron chi connectivity index (χ4n) is 1.63. The Kier molecular flexibility index (Phi) is 7.21. The Bertz CT molecular complexity index is 426. The molecule has 0 atom stereocenters. The van der Waals surface area contributed by atoms with Crippen LogP contribution in [0.4, 0.5) is 24.8 Å². The largest absolute Gasteiger partial charge is 0.389 e. The maximum Gasteiger partial charge on any atom is 0.389 e. The highest BCUT2D eigenvalue weighted by Gasteiger charge is 2.25. The predicted octanol–water partition coefficient (Wildman–Crippen LogP) is 3.20. The molecule has 120 valence electrons. The molecule has 0 aromatic carbocycles. The van der Waals surface area contributed by atoms with Gasteiger partial charge in [-0.15, -0.1) is 0 Å². The summed E-state index contributed by atoms with van der Waals surface area (Å²) in [6.45, 7) is 3.24. The highest BCUT2D eigenvalue weighted by atomic mass is 19.4. The van der Waals surface area contributed by atoms with Crippen molar-refractivity contribution in [1.29, 1.82) is 0 Å². The minimum atomic E-state index is -4.12. The maximum absolute atomic E-state index is 12.1. The monoisotopic (exact) mass is 306 g/mol. The summed E-state index contributed by atoms with van der Waals surface area (Å²) in [5, 5.41) is 6.01. The molecule has 0 radical (unpaired) electrons. The van der Waals surface area contributed by atoms with Gasteiger partial charge in [0, 0.05) is 32.7 Å². The number of methoxy groups -OCH3 is 1. The second kappa shape index (κ2) is 8.66. The number of aromatic nitrogens is 2. The van der Waals surface area contributed by atoms with Gasteiger partial charge in [0.05, 0.1) is 0 Å². The molecule has 0 saturated carbocycles. The Balaban J connectivity index is 2.60. The Morgan fingerprint density at radius 1 is 1.14 bits per heavy atom. The summed E-state index contributed by atoms with van der Waals surface area (Å²) >= 11 is 0. The molecule has 5 nitrogen and oxygen atoms in total. The van der Waals surface area contributed by atoms with Crippen LogP contribution in [0.5, 0.6) is 0 Å². The summed E-state index contributed by atoms with van der Waals surface area (Å²) in [5.74, 6) is 1.62. The van der Waals surface area contributed by atoms with Gasteiger partial charge >= 0.3 is 6.18 Å². The van der Waals surface area contributed by atoms with E-state index in [1.54, 1.807) is 6.07 Å². The third-order valence-corrected chi connectivity index (χ3v) is 2.55. The minimum absolute atomic E-state index is 0.00480. The number of nitrogens with one attached hydrogen (secondary N) is 2. The molecule has 1 aromatic heterocycles. The van der Waals surface area contributed by atoms with E-state index in [-0.39, 0.29) is 19.6 Å².